The van der Waals surface area contributed by atoms with Gasteiger partial charge in [0.05, 0.1) is 5.56 Å². The molecule has 0 unspecified atom stereocenters. The van der Waals surface area contributed by atoms with E-state index >= 15 is 0 Å². The second-order valence-electron chi connectivity index (χ2n) is 4.79. The van der Waals surface area contributed by atoms with Crippen LogP contribution in [0.1, 0.15) is 42.5 Å². The first kappa shape index (κ1) is 13.5. The molecule has 0 bridgehead atoms. The largest absolute Gasteiger partial charge is 0.504 e. The van der Waals surface area contributed by atoms with Crippen molar-refractivity contribution in [2.24, 2.45) is 0 Å². The molecule has 3 N–H and O–H groups in total. The number of benzene rings is 1. The van der Waals surface area contributed by atoms with E-state index in [1.165, 1.54) is 36.6 Å². The molecule has 0 fully saturated rings. The molecular formula is C15H19NO3. The summed E-state index contributed by atoms with van der Waals surface area (Å²) >= 11 is 0. The summed E-state index contributed by atoms with van der Waals surface area (Å²) in [6.45, 7) is 0.555. The highest BCUT2D eigenvalue weighted by molar-refractivity contribution is 5.97. The highest BCUT2D eigenvalue weighted by Crippen LogP contribution is 2.28. The molecule has 0 saturated carbocycles. The molecule has 0 aromatic heterocycles. The quantitative estimate of drug-likeness (QED) is 0.576. The van der Waals surface area contributed by atoms with Gasteiger partial charge in [0.25, 0.3) is 5.91 Å². The van der Waals surface area contributed by atoms with Gasteiger partial charge in [-0.15, -0.1) is 0 Å². The lowest BCUT2D eigenvalue weighted by atomic mass is 9.97. The van der Waals surface area contributed by atoms with Crippen LogP contribution in [-0.2, 0) is 0 Å². The average Bonchev–Trinajstić information content (AvgIpc) is 2.43. The van der Waals surface area contributed by atoms with Gasteiger partial charge in [-0.1, -0.05) is 17.7 Å². The van der Waals surface area contributed by atoms with Crippen molar-refractivity contribution in [3.8, 4) is 11.5 Å². The topological polar surface area (TPSA) is 69.6 Å². The minimum atomic E-state index is -0.364. The maximum atomic E-state index is 11.9. The molecule has 4 nitrogen and oxygen atoms in total. The number of phenolic OH excluding ortho intramolecular Hbond substituents is 2. The van der Waals surface area contributed by atoms with Gasteiger partial charge in [0.15, 0.2) is 11.5 Å². The van der Waals surface area contributed by atoms with Crippen LogP contribution in [0.5, 0.6) is 11.5 Å². The highest BCUT2D eigenvalue weighted by atomic mass is 16.3. The Balaban J connectivity index is 1.87. The summed E-state index contributed by atoms with van der Waals surface area (Å²) in [7, 11) is 0. The molecule has 0 saturated heterocycles. The summed E-state index contributed by atoms with van der Waals surface area (Å²) < 4.78 is 0. The zero-order chi connectivity index (χ0) is 13.7. The molecule has 1 aliphatic carbocycles. The van der Waals surface area contributed by atoms with Crippen molar-refractivity contribution in [2.45, 2.75) is 32.1 Å². The number of phenols is 2. The van der Waals surface area contributed by atoms with Crippen molar-refractivity contribution in [1.82, 2.24) is 5.32 Å². The maximum Gasteiger partial charge on any atom is 0.255 e. The molecule has 1 aromatic carbocycles. The monoisotopic (exact) mass is 261 g/mol. The first-order chi connectivity index (χ1) is 9.18. The smallest absolute Gasteiger partial charge is 0.255 e. The molecule has 0 aliphatic heterocycles. The van der Waals surface area contributed by atoms with Gasteiger partial charge in [0.2, 0.25) is 0 Å². The molecule has 1 aliphatic rings. The lowest BCUT2D eigenvalue weighted by Crippen LogP contribution is -2.24. The van der Waals surface area contributed by atoms with Crippen LogP contribution in [0.3, 0.4) is 0 Å². The van der Waals surface area contributed by atoms with Crippen molar-refractivity contribution in [1.29, 1.82) is 0 Å². The van der Waals surface area contributed by atoms with Crippen molar-refractivity contribution < 1.29 is 15.0 Å². The Labute approximate surface area is 112 Å². The number of carbonyl (C=O) groups excluding carboxylic acids is 1. The van der Waals surface area contributed by atoms with Gasteiger partial charge in [-0.2, -0.15) is 0 Å². The number of aromatic hydroxyl groups is 2. The standard InChI is InChI=1S/C15H19NO3/c17-13-8-4-7-12(14(13)18)15(19)16-10-9-11-5-2-1-3-6-11/h4-5,7-8,17-18H,1-3,6,9-10H2,(H,16,19). The molecule has 0 spiro atoms. The summed E-state index contributed by atoms with van der Waals surface area (Å²) in [4.78, 5) is 11.9. The molecule has 0 radical (unpaired) electrons. The summed E-state index contributed by atoms with van der Waals surface area (Å²) in [5.74, 6) is -0.996. The van der Waals surface area contributed by atoms with Gasteiger partial charge in [-0.25, -0.2) is 0 Å². The molecule has 1 amide bonds. The zero-order valence-corrected chi connectivity index (χ0v) is 10.9. The number of para-hydroxylation sites is 1. The van der Waals surface area contributed by atoms with Crippen molar-refractivity contribution in [3.05, 3.63) is 35.4 Å². The van der Waals surface area contributed by atoms with Crippen LogP contribution in [0.15, 0.2) is 29.8 Å². The van der Waals surface area contributed by atoms with E-state index in [0.29, 0.717) is 6.54 Å². The third-order valence-corrected chi connectivity index (χ3v) is 3.38. The van der Waals surface area contributed by atoms with Crippen LogP contribution in [0, 0.1) is 0 Å². The predicted octanol–water partition coefficient (Wildman–Crippen LogP) is 2.72. The van der Waals surface area contributed by atoms with E-state index in [0.717, 1.165) is 19.3 Å². The molecule has 4 heteroatoms. The van der Waals surface area contributed by atoms with E-state index in [9.17, 15) is 15.0 Å². The van der Waals surface area contributed by atoms with Crippen LogP contribution in [0.25, 0.3) is 0 Å². The Bertz CT molecular complexity index is 494. The number of hydrogen-bond acceptors (Lipinski definition) is 3. The maximum absolute atomic E-state index is 11.9. The number of carbonyl (C=O) groups is 1. The highest BCUT2D eigenvalue weighted by Gasteiger charge is 2.13. The van der Waals surface area contributed by atoms with Gasteiger partial charge >= 0.3 is 0 Å². The second kappa shape index (κ2) is 6.27. The Morgan fingerprint density at radius 3 is 2.84 bits per heavy atom. The Hall–Kier alpha value is -1.97. The third-order valence-electron chi connectivity index (χ3n) is 3.38. The van der Waals surface area contributed by atoms with E-state index in [-0.39, 0.29) is 23.0 Å². The number of nitrogens with one attached hydrogen (secondary N) is 1. The van der Waals surface area contributed by atoms with Crippen molar-refractivity contribution >= 4 is 5.91 Å². The van der Waals surface area contributed by atoms with Crippen LogP contribution >= 0.6 is 0 Å². The second-order valence-corrected chi connectivity index (χ2v) is 4.79. The molecule has 0 heterocycles. The number of allylic oxidation sites excluding steroid dienone is 1. The fourth-order valence-electron chi connectivity index (χ4n) is 2.28. The van der Waals surface area contributed by atoms with E-state index < -0.39 is 0 Å². The van der Waals surface area contributed by atoms with Gasteiger partial charge < -0.3 is 15.5 Å². The summed E-state index contributed by atoms with van der Waals surface area (Å²) in [6.07, 6.45) is 7.84. The van der Waals surface area contributed by atoms with Gasteiger partial charge in [-0.3, -0.25) is 4.79 Å². The molecule has 2 rings (SSSR count). The van der Waals surface area contributed by atoms with Gasteiger partial charge in [0, 0.05) is 6.54 Å². The van der Waals surface area contributed by atoms with Crippen molar-refractivity contribution in [3.63, 3.8) is 0 Å². The van der Waals surface area contributed by atoms with E-state index in [4.69, 9.17) is 0 Å². The lowest BCUT2D eigenvalue weighted by molar-refractivity contribution is 0.0950. The third kappa shape index (κ3) is 3.50. The normalized spacial score (nSPS) is 14.8. The summed E-state index contributed by atoms with van der Waals surface area (Å²) in [5.41, 5.74) is 1.50. The SMILES string of the molecule is O=C(NCCC1=CCCCC1)c1cccc(O)c1O. The van der Waals surface area contributed by atoms with Gasteiger partial charge in [-0.05, 0) is 44.2 Å². The van der Waals surface area contributed by atoms with E-state index in [1.807, 2.05) is 0 Å². The number of hydrogen-bond donors (Lipinski definition) is 3. The van der Waals surface area contributed by atoms with Crippen LogP contribution in [0.4, 0.5) is 0 Å². The average molecular weight is 261 g/mol. The molecular weight excluding hydrogens is 242 g/mol. The van der Waals surface area contributed by atoms with E-state index in [2.05, 4.69) is 11.4 Å². The fraction of sp³-hybridized carbons (Fsp3) is 0.400. The van der Waals surface area contributed by atoms with Crippen molar-refractivity contribution in [2.75, 3.05) is 6.54 Å². The summed E-state index contributed by atoms with van der Waals surface area (Å²) in [6, 6.07) is 4.37. The van der Waals surface area contributed by atoms with Crippen LogP contribution in [-0.4, -0.2) is 22.7 Å². The predicted molar refractivity (Wildman–Crippen MR) is 73.3 cm³/mol. The Morgan fingerprint density at radius 2 is 2.11 bits per heavy atom. The Kier molecular flexibility index (Phi) is 4.44. The number of amides is 1. The number of rotatable bonds is 4. The lowest BCUT2D eigenvalue weighted by Gasteiger charge is -2.13. The molecule has 1 aromatic rings. The zero-order valence-electron chi connectivity index (χ0n) is 10.9. The fourth-order valence-corrected chi connectivity index (χ4v) is 2.28. The van der Waals surface area contributed by atoms with Crippen LogP contribution < -0.4 is 5.32 Å². The molecule has 0 atom stereocenters. The minimum absolute atomic E-state index is 0.109. The molecule has 19 heavy (non-hydrogen) atoms. The Morgan fingerprint density at radius 1 is 1.26 bits per heavy atom. The first-order valence-corrected chi connectivity index (χ1v) is 6.65. The van der Waals surface area contributed by atoms with E-state index in [1.54, 1.807) is 0 Å². The van der Waals surface area contributed by atoms with Gasteiger partial charge in [0.1, 0.15) is 0 Å². The van der Waals surface area contributed by atoms with Crippen LogP contribution in [0.2, 0.25) is 0 Å². The minimum Gasteiger partial charge on any atom is -0.504 e. The molecule has 102 valence electrons. The summed E-state index contributed by atoms with van der Waals surface area (Å²) in [5, 5.41) is 21.7. The first-order valence-electron chi connectivity index (χ1n) is 6.65.